The summed E-state index contributed by atoms with van der Waals surface area (Å²) in [5, 5.41) is 2.53. The van der Waals surface area contributed by atoms with Crippen LogP contribution in [0.25, 0.3) is 22.2 Å². The summed E-state index contributed by atoms with van der Waals surface area (Å²) >= 11 is 0. The summed E-state index contributed by atoms with van der Waals surface area (Å²) < 4.78 is 34.7. The standard InChI is InChI=1S/C24H18F2N2O3/c1-28-19-12-11-16(20(14-5-6-14)22(19)31-24(28)30)13-7-9-15(10-8-13)27-23(29)21-17(25)3-2-4-18(21)26/h2-4,7-12,14H,5-6H2,1H3,(H,27,29). The number of hydrogen-bond acceptors (Lipinski definition) is 3. The molecule has 0 bridgehead atoms. The van der Waals surface area contributed by atoms with Crippen LogP contribution in [0.4, 0.5) is 14.5 Å². The van der Waals surface area contributed by atoms with Crippen molar-refractivity contribution in [3.05, 3.63) is 87.9 Å². The van der Waals surface area contributed by atoms with E-state index in [2.05, 4.69) is 5.32 Å². The number of fused-ring (bicyclic) bond motifs is 1. The number of nitrogens with one attached hydrogen (secondary N) is 1. The van der Waals surface area contributed by atoms with Gasteiger partial charge < -0.3 is 9.73 Å². The molecule has 5 rings (SSSR count). The van der Waals surface area contributed by atoms with E-state index in [-0.39, 0.29) is 0 Å². The Morgan fingerprint density at radius 1 is 1.03 bits per heavy atom. The van der Waals surface area contributed by atoms with Gasteiger partial charge in [-0.15, -0.1) is 0 Å². The van der Waals surface area contributed by atoms with Gasteiger partial charge in [-0.3, -0.25) is 9.36 Å². The van der Waals surface area contributed by atoms with Crippen molar-refractivity contribution >= 4 is 22.7 Å². The minimum absolute atomic E-state index is 0.340. The van der Waals surface area contributed by atoms with Gasteiger partial charge >= 0.3 is 5.76 Å². The second kappa shape index (κ2) is 7.19. The maximum atomic E-state index is 13.8. The summed E-state index contributed by atoms with van der Waals surface area (Å²) in [5.41, 5.74) is 4.03. The van der Waals surface area contributed by atoms with E-state index < -0.39 is 28.9 Å². The maximum absolute atomic E-state index is 13.8. The normalized spacial score (nSPS) is 13.5. The zero-order valence-electron chi connectivity index (χ0n) is 16.6. The van der Waals surface area contributed by atoms with Crippen LogP contribution in [-0.2, 0) is 7.05 Å². The lowest BCUT2D eigenvalue weighted by atomic mass is 9.95. The van der Waals surface area contributed by atoms with Crippen LogP contribution in [0.1, 0.15) is 34.7 Å². The average molecular weight is 420 g/mol. The summed E-state index contributed by atoms with van der Waals surface area (Å²) in [5.74, 6) is -2.74. The molecule has 0 unspecified atom stereocenters. The highest BCUT2D eigenvalue weighted by Gasteiger charge is 2.31. The first-order chi connectivity index (χ1) is 14.9. The van der Waals surface area contributed by atoms with Crippen molar-refractivity contribution in [3.63, 3.8) is 0 Å². The Bertz CT molecular complexity index is 1360. The van der Waals surface area contributed by atoms with Crippen molar-refractivity contribution in [2.75, 3.05) is 5.32 Å². The summed E-state index contributed by atoms with van der Waals surface area (Å²) in [7, 11) is 1.68. The highest BCUT2D eigenvalue weighted by atomic mass is 19.1. The average Bonchev–Trinajstić information content (AvgIpc) is 3.54. The fourth-order valence-corrected chi connectivity index (χ4v) is 3.88. The molecular formula is C24H18F2N2O3. The molecule has 1 aliphatic carbocycles. The third-order valence-electron chi connectivity index (χ3n) is 5.63. The number of carbonyl (C=O) groups excluding carboxylic acids is 1. The molecule has 0 radical (unpaired) electrons. The minimum atomic E-state index is -0.916. The Labute approximate surface area is 175 Å². The molecular weight excluding hydrogens is 402 g/mol. The number of aryl methyl sites for hydroxylation is 1. The van der Waals surface area contributed by atoms with Gasteiger partial charge in [-0.25, -0.2) is 13.6 Å². The SMILES string of the molecule is Cn1c(=O)oc2c(C3CC3)c(-c3ccc(NC(=O)c4c(F)cccc4F)cc3)ccc21. The number of nitrogens with zero attached hydrogens (tertiary/aromatic N) is 1. The Morgan fingerprint density at radius 3 is 2.35 bits per heavy atom. The first kappa shape index (κ1) is 19.2. The van der Waals surface area contributed by atoms with Crippen molar-refractivity contribution < 1.29 is 18.0 Å². The van der Waals surface area contributed by atoms with Crippen LogP contribution < -0.4 is 11.1 Å². The van der Waals surface area contributed by atoms with Crippen LogP contribution >= 0.6 is 0 Å². The summed E-state index contributed by atoms with van der Waals surface area (Å²) in [6.45, 7) is 0. The molecule has 7 heteroatoms. The van der Waals surface area contributed by atoms with Gasteiger partial charge in [0.2, 0.25) is 0 Å². The molecule has 1 fully saturated rings. The van der Waals surface area contributed by atoms with E-state index in [1.54, 1.807) is 19.2 Å². The highest BCUT2D eigenvalue weighted by molar-refractivity contribution is 6.04. The molecule has 0 spiro atoms. The predicted molar refractivity (Wildman–Crippen MR) is 113 cm³/mol. The molecule has 156 valence electrons. The second-order valence-electron chi connectivity index (χ2n) is 7.70. The van der Waals surface area contributed by atoms with Crippen molar-refractivity contribution in [2.45, 2.75) is 18.8 Å². The van der Waals surface area contributed by atoms with Crippen LogP contribution in [-0.4, -0.2) is 10.5 Å². The van der Waals surface area contributed by atoms with Gasteiger partial charge in [-0.05, 0) is 60.2 Å². The van der Waals surface area contributed by atoms with E-state index in [0.29, 0.717) is 17.2 Å². The first-order valence-electron chi connectivity index (χ1n) is 9.92. The van der Waals surface area contributed by atoms with Gasteiger partial charge in [0, 0.05) is 18.3 Å². The van der Waals surface area contributed by atoms with E-state index in [4.69, 9.17) is 4.42 Å². The monoisotopic (exact) mass is 420 g/mol. The van der Waals surface area contributed by atoms with Gasteiger partial charge in [-0.1, -0.05) is 24.3 Å². The summed E-state index contributed by atoms with van der Waals surface area (Å²) in [4.78, 5) is 24.3. The molecule has 0 atom stereocenters. The number of halogens is 2. The zero-order chi connectivity index (χ0) is 21.7. The maximum Gasteiger partial charge on any atom is 0.419 e. The smallest absolute Gasteiger partial charge is 0.407 e. The number of amides is 1. The van der Waals surface area contributed by atoms with E-state index >= 15 is 0 Å². The molecule has 1 aliphatic rings. The molecule has 4 aromatic rings. The third-order valence-corrected chi connectivity index (χ3v) is 5.63. The fraction of sp³-hybridized carbons (Fsp3) is 0.167. The number of benzene rings is 3. The molecule has 5 nitrogen and oxygen atoms in total. The fourth-order valence-electron chi connectivity index (χ4n) is 3.88. The second-order valence-corrected chi connectivity index (χ2v) is 7.70. The lowest BCUT2D eigenvalue weighted by Crippen LogP contribution is -2.15. The molecule has 1 saturated carbocycles. The topological polar surface area (TPSA) is 64.2 Å². The lowest BCUT2D eigenvalue weighted by Gasteiger charge is -2.11. The number of aromatic nitrogens is 1. The molecule has 3 aromatic carbocycles. The van der Waals surface area contributed by atoms with E-state index in [1.807, 2.05) is 24.3 Å². The van der Waals surface area contributed by atoms with E-state index in [1.165, 1.54) is 10.6 Å². The number of anilines is 1. The van der Waals surface area contributed by atoms with Gasteiger partial charge in [0.1, 0.15) is 17.2 Å². The van der Waals surface area contributed by atoms with Gasteiger partial charge in [0.25, 0.3) is 5.91 Å². The Kier molecular flexibility index (Phi) is 4.46. The van der Waals surface area contributed by atoms with Crippen LogP contribution in [0.2, 0.25) is 0 Å². The van der Waals surface area contributed by atoms with Crippen molar-refractivity contribution in [3.8, 4) is 11.1 Å². The molecule has 1 amide bonds. The van der Waals surface area contributed by atoms with E-state index in [9.17, 15) is 18.4 Å². The van der Waals surface area contributed by atoms with Crippen molar-refractivity contribution in [1.82, 2.24) is 4.57 Å². The highest BCUT2D eigenvalue weighted by Crippen LogP contribution is 2.47. The summed E-state index contributed by atoms with van der Waals surface area (Å²) in [6.07, 6.45) is 2.07. The molecule has 1 aromatic heterocycles. The molecule has 0 aliphatic heterocycles. The van der Waals surface area contributed by atoms with Gasteiger partial charge in [0.15, 0.2) is 5.58 Å². The quantitative estimate of drug-likeness (QED) is 0.493. The molecule has 31 heavy (non-hydrogen) atoms. The van der Waals surface area contributed by atoms with E-state index in [0.717, 1.165) is 47.2 Å². The lowest BCUT2D eigenvalue weighted by molar-refractivity contribution is 0.101. The number of hydrogen-bond donors (Lipinski definition) is 1. The Hall–Kier alpha value is -3.74. The van der Waals surface area contributed by atoms with Crippen molar-refractivity contribution in [2.24, 2.45) is 7.05 Å². The summed E-state index contributed by atoms with van der Waals surface area (Å²) in [6, 6.07) is 14.1. The predicted octanol–water partition coefficient (Wildman–Crippen LogP) is 5.21. The molecule has 1 N–H and O–H groups in total. The number of rotatable bonds is 4. The first-order valence-corrected chi connectivity index (χ1v) is 9.92. The van der Waals surface area contributed by atoms with Crippen molar-refractivity contribution in [1.29, 1.82) is 0 Å². The Morgan fingerprint density at radius 2 is 1.71 bits per heavy atom. The van der Waals surface area contributed by atoms with Crippen LogP contribution in [0.15, 0.2) is 63.8 Å². The Balaban J connectivity index is 1.48. The van der Waals surface area contributed by atoms with Crippen LogP contribution in [0.3, 0.4) is 0 Å². The third kappa shape index (κ3) is 3.32. The zero-order valence-corrected chi connectivity index (χ0v) is 16.6. The van der Waals surface area contributed by atoms with Gasteiger partial charge in [0.05, 0.1) is 5.52 Å². The molecule has 1 heterocycles. The van der Waals surface area contributed by atoms with Crippen LogP contribution in [0, 0.1) is 11.6 Å². The number of oxazole rings is 1. The minimum Gasteiger partial charge on any atom is -0.407 e. The largest absolute Gasteiger partial charge is 0.419 e. The van der Waals surface area contributed by atoms with Crippen LogP contribution in [0.5, 0.6) is 0 Å². The molecule has 0 saturated heterocycles. The number of carbonyl (C=O) groups is 1. The van der Waals surface area contributed by atoms with Gasteiger partial charge in [-0.2, -0.15) is 0 Å².